The van der Waals surface area contributed by atoms with E-state index in [2.05, 4.69) is 28.1 Å². The summed E-state index contributed by atoms with van der Waals surface area (Å²) in [7, 11) is -16.5. The number of ether oxygens (including phenoxy) is 1. The second-order valence-electron chi connectivity index (χ2n) is 5.87. The molecule has 1 saturated heterocycles. The van der Waals surface area contributed by atoms with E-state index in [1.165, 1.54) is 10.9 Å². The molecule has 0 radical (unpaired) electrons. The van der Waals surface area contributed by atoms with Gasteiger partial charge in [-0.05, 0) is 0 Å². The minimum Gasteiger partial charge on any atom is -0.382 e. The van der Waals surface area contributed by atoms with Gasteiger partial charge in [0, 0.05) is 6.42 Å². The number of rotatable bonds is 8. The molecule has 1 aliphatic rings. The molecule has 2 aromatic rings. The maximum absolute atomic E-state index is 14.4. The van der Waals surface area contributed by atoms with Crippen LogP contribution in [-0.2, 0) is 31.6 Å². The highest BCUT2D eigenvalue weighted by Crippen LogP contribution is 2.66. The molecule has 0 amide bonds. The molecule has 1 fully saturated rings. The van der Waals surface area contributed by atoms with Gasteiger partial charge < -0.3 is 30.0 Å². The van der Waals surface area contributed by atoms with E-state index in [1.807, 2.05) is 0 Å². The molecule has 0 spiro atoms. The molecular formula is C10H15FN5O11P3. The molecule has 2 unspecified atom stereocenters. The average molecular weight is 493 g/mol. The van der Waals surface area contributed by atoms with Gasteiger partial charge >= 0.3 is 23.5 Å². The lowest BCUT2D eigenvalue weighted by molar-refractivity contribution is -0.0346. The minimum absolute atomic E-state index is 0.0661. The van der Waals surface area contributed by atoms with Crippen molar-refractivity contribution in [1.82, 2.24) is 19.5 Å². The smallest absolute Gasteiger partial charge is 0.382 e. The number of fused-ring (bicyclic) bond motifs is 1. The van der Waals surface area contributed by atoms with Crippen molar-refractivity contribution in [2.75, 3.05) is 12.3 Å². The van der Waals surface area contributed by atoms with Crippen LogP contribution in [0, 0.1) is 0 Å². The minimum atomic E-state index is -5.65. The van der Waals surface area contributed by atoms with Crippen molar-refractivity contribution >= 4 is 40.4 Å². The summed E-state index contributed by atoms with van der Waals surface area (Å²) in [5.74, 6) is 0.0661. The van der Waals surface area contributed by atoms with Gasteiger partial charge in [-0.25, -0.2) is 33.0 Å². The molecule has 0 bridgehead atoms. The van der Waals surface area contributed by atoms with Crippen molar-refractivity contribution in [2.45, 2.75) is 24.9 Å². The number of nitrogens with two attached hydrogens (primary N) is 1. The SMILES string of the molecule is Nc1ncnc2c1ncn2[C@@H]1O[C@H](COP(=O)(O)OP(=O)(O)OP(=O)(O)O)C[C@H]1F. The number of anilines is 1. The van der Waals surface area contributed by atoms with Gasteiger partial charge in [0.1, 0.15) is 18.0 Å². The van der Waals surface area contributed by atoms with Crippen molar-refractivity contribution in [3.8, 4) is 0 Å². The maximum atomic E-state index is 14.4. The lowest BCUT2D eigenvalue weighted by atomic mass is 10.2. The summed E-state index contributed by atoms with van der Waals surface area (Å²) in [6, 6.07) is 0. The van der Waals surface area contributed by atoms with Crippen LogP contribution in [0.2, 0.25) is 0 Å². The fourth-order valence-electron chi connectivity index (χ4n) is 2.59. The van der Waals surface area contributed by atoms with Crippen LogP contribution in [0.25, 0.3) is 11.2 Å². The molecule has 0 saturated carbocycles. The van der Waals surface area contributed by atoms with Gasteiger partial charge in [-0.1, -0.05) is 0 Å². The monoisotopic (exact) mass is 493 g/mol. The normalized spacial score (nSPS) is 26.5. The van der Waals surface area contributed by atoms with Gasteiger partial charge in [0.2, 0.25) is 0 Å². The van der Waals surface area contributed by atoms with E-state index in [0.717, 1.165) is 6.33 Å². The highest BCUT2D eigenvalue weighted by Gasteiger charge is 2.43. The predicted octanol–water partition coefficient (Wildman–Crippen LogP) is 0.377. The fourth-order valence-corrected chi connectivity index (χ4v) is 5.64. The number of hydrogen-bond donors (Lipinski definition) is 5. The Hall–Kier alpha value is -1.35. The zero-order valence-corrected chi connectivity index (χ0v) is 17.2. The number of halogens is 1. The number of aromatic nitrogens is 4. The van der Waals surface area contributed by atoms with Gasteiger partial charge in [-0.15, -0.1) is 0 Å². The van der Waals surface area contributed by atoms with Gasteiger partial charge in [0.25, 0.3) is 0 Å². The number of hydrogen-bond acceptors (Lipinski definition) is 11. The van der Waals surface area contributed by atoms with Crippen LogP contribution >= 0.6 is 23.5 Å². The van der Waals surface area contributed by atoms with Crippen LogP contribution in [0.4, 0.5) is 10.2 Å². The Morgan fingerprint density at radius 1 is 1.17 bits per heavy atom. The molecule has 16 nitrogen and oxygen atoms in total. The maximum Gasteiger partial charge on any atom is 0.490 e. The molecule has 6 N–H and O–H groups in total. The first-order valence-corrected chi connectivity index (χ1v) is 12.3. The average Bonchev–Trinajstić information content (AvgIpc) is 3.13. The van der Waals surface area contributed by atoms with Crippen molar-refractivity contribution in [2.24, 2.45) is 0 Å². The Labute approximate surface area is 166 Å². The number of nitrogens with zero attached hydrogens (tertiary/aromatic N) is 4. The fraction of sp³-hybridized carbons (Fsp3) is 0.500. The molecule has 0 aromatic carbocycles. The Morgan fingerprint density at radius 3 is 2.53 bits per heavy atom. The lowest BCUT2D eigenvalue weighted by Crippen LogP contribution is -2.17. The standard InChI is InChI=1S/C10H15FN5O11P3/c11-6-1-5(2-24-29(20,21)27-30(22,23)26-28(17,18)19)25-10(6)16-4-15-7-8(12)13-3-14-9(7)16/h3-6,10H,1-2H2,(H,20,21)(H,22,23)(H2,12,13,14)(H2,17,18,19)/t5-,6+,10+/m0/s1. The number of phosphoric ester groups is 1. The number of phosphoric acid groups is 3. The zero-order chi connectivity index (χ0) is 22.3. The van der Waals surface area contributed by atoms with Crippen molar-refractivity contribution in [3.63, 3.8) is 0 Å². The predicted molar refractivity (Wildman–Crippen MR) is 93.0 cm³/mol. The Morgan fingerprint density at radius 2 is 1.87 bits per heavy atom. The quantitative estimate of drug-likeness (QED) is 0.312. The summed E-state index contributed by atoms with van der Waals surface area (Å²) in [5, 5.41) is 0. The Balaban J connectivity index is 1.63. The third-order valence-corrected chi connectivity index (χ3v) is 7.43. The van der Waals surface area contributed by atoms with Crippen LogP contribution in [0.15, 0.2) is 12.7 Å². The molecule has 1 aliphatic heterocycles. The highest BCUT2D eigenvalue weighted by atomic mass is 31.3. The molecular weight excluding hydrogens is 478 g/mol. The largest absolute Gasteiger partial charge is 0.490 e. The summed E-state index contributed by atoms with van der Waals surface area (Å²) in [6.45, 7) is -0.773. The van der Waals surface area contributed by atoms with Crippen molar-refractivity contribution in [3.05, 3.63) is 12.7 Å². The van der Waals surface area contributed by atoms with Crippen LogP contribution in [-0.4, -0.2) is 58.0 Å². The molecule has 0 aliphatic carbocycles. The first-order chi connectivity index (χ1) is 13.8. The number of imidazole rings is 1. The van der Waals surface area contributed by atoms with Gasteiger partial charge in [-0.2, -0.15) is 8.62 Å². The first-order valence-electron chi connectivity index (χ1n) is 7.77. The Bertz CT molecular complexity index is 1080. The van der Waals surface area contributed by atoms with Crippen molar-refractivity contribution < 1.29 is 55.5 Å². The summed E-state index contributed by atoms with van der Waals surface area (Å²) in [6.07, 6.45) is -1.90. The summed E-state index contributed by atoms with van der Waals surface area (Å²) < 4.78 is 66.3. The van der Waals surface area contributed by atoms with Crippen LogP contribution < -0.4 is 5.73 Å². The van der Waals surface area contributed by atoms with E-state index in [-0.39, 0.29) is 23.4 Å². The third kappa shape index (κ3) is 5.66. The summed E-state index contributed by atoms with van der Waals surface area (Å²) in [4.78, 5) is 47.2. The lowest BCUT2D eigenvalue weighted by Gasteiger charge is -2.18. The van der Waals surface area contributed by atoms with E-state index in [0.29, 0.717) is 0 Å². The van der Waals surface area contributed by atoms with Crippen molar-refractivity contribution in [1.29, 1.82) is 0 Å². The van der Waals surface area contributed by atoms with Crippen LogP contribution in [0.3, 0.4) is 0 Å². The summed E-state index contributed by atoms with van der Waals surface area (Å²) in [5.41, 5.74) is 6.05. The third-order valence-electron chi connectivity index (χ3n) is 3.63. The first kappa shape index (κ1) is 23.3. The molecule has 3 rings (SSSR count). The van der Waals surface area contributed by atoms with E-state index in [4.69, 9.17) is 25.2 Å². The molecule has 20 heteroatoms. The topological polar surface area (TPSA) is 239 Å². The Kier molecular flexibility index (Phi) is 6.45. The molecule has 5 atom stereocenters. The molecule has 2 aromatic heterocycles. The van der Waals surface area contributed by atoms with Gasteiger partial charge in [-0.3, -0.25) is 9.09 Å². The van der Waals surface area contributed by atoms with Crippen LogP contribution in [0.5, 0.6) is 0 Å². The summed E-state index contributed by atoms with van der Waals surface area (Å²) >= 11 is 0. The highest BCUT2D eigenvalue weighted by molar-refractivity contribution is 7.66. The van der Waals surface area contributed by atoms with Gasteiger partial charge in [0.15, 0.2) is 17.7 Å². The van der Waals surface area contributed by atoms with E-state index >= 15 is 0 Å². The molecule has 168 valence electrons. The second kappa shape index (κ2) is 8.30. The number of alkyl halides is 1. The number of nitrogen functional groups attached to an aromatic ring is 1. The second-order valence-corrected chi connectivity index (χ2v) is 10.3. The molecule has 3 heterocycles. The van der Waals surface area contributed by atoms with Crippen LogP contribution in [0.1, 0.15) is 12.6 Å². The van der Waals surface area contributed by atoms with E-state index < -0.39 is 48.6 Å². The molecule has 30 heavy (non-hydrogen) atoms. The van der Waals surface area contributed by atoms with Gasteiger partial charge in [0.05, 0.1) is 19.0 Å². The zero-order valence-electron chi connectivity index (χ0n) is 14.5. The van der Waals surface area contributed by atoms with E-state index in [9.17, 15) is 23.0 Å². The van der Waals surface area contributed by atoms with E-state index in [1.54, 1.807) is 0 Å².